The molecule has 0 bridgehead atoms. The number of halogens is 1. The maximum Gasteiger partial charge on any atom is 0.179 e. The summed E-state index contributed by atoms with van der Waals surface area (Å²) in [6, 6.07) is 3.91. The zero-order valence-corrected chi connectivity index (χ0v) is 10.7. The third kappa shape index (κ3) is 2.49. The summed E-state index contributed by atoms with van der Waals surface area (Å²) in [7, 11) is 3.17. The molecule has 17 heavy (non-hydrogen) atoms. The molecule has 5 heteroatoms. The van der Waals surface area contributed by atoms with Gasteiger partial charge in [-0.2, -0.15) is 0 Å². The summed E-state index contributed by atoms with van der Waals surface area (Å²) in [6.45, 7) is 2.19. The first kappa shape index (κ1) is 12.5. The van der Waals surface area contributed by atoms with E-state index < -0.39 is 0 Å². The van der Waals surface area contributed by atoms with Gasteiger partial charge < -0.3 is 19.5 Å². The standard InChI is InChI=1S/C12H16ClNO3/c1-15-10-4-3-8(11(13)12(10)16-2)9-7-17-6-5-14-9/h3-4,9,14H,5-7H2,1-2H3/t9-/m0/s1. The average Bonchev–Trinajstić information content (AvgIpc) is 2.39. The van der Waals surface area contributed by atoms with Gasteiger partial charge in [0.2, 0.25) is 0 Å². The summed E-state index contributed by atoms with van der Waals surface area (Å²) >= 11 is 6.33. The van der Waals surface area contributed by atoms with E-state index in [-0.39, 0.29) is 6.04 Å². The molecule has 1 saturated heterocycles. The first-order chi connectivity index (χ1) is 8.27. The molecule has 0 aliphatic carbocycles. The minimum atomic E-state index is 0.107. The molecule has 94 valence electrons. The van der Waals surface area contributed by atoms with Gasteiger partial charge in [-0.1, -0.05) is 17.7 Å². The van der Waals surface area contributed by atoms with E-state index in [0.29, 0.717) is 23.1 Å². The molecule has 0 aromatic heterocycles. The van der Waals surface area contributed by atoms with E-state index in [1.54, 1.807) is 14.2 Å². The molecule has 2 rings (SSSR count). The zero-order chi connectivity index (χ0) is 12.3. The minimum absolute atomic E-state index is 0.107. The SMILES string of the molecule is COc1ccc([C@@H]2COCCN2)c(Cl)c1OC. The fraction of sp³-hybridized carbons (Fsp3) is 0.500. The van der Waals surface area contributed by atoms with Crippen molar-refractivity contribution in [2.24, 2.45) is 0 Å². The van der Waals surface area contributed by atoms with Crippen LogP contribution in [0, 0.1) is 0 Å². The summed E-state index contributed by atoms with van der Waals surface area (Å²) in [4.78, 5) is 0. The van der Waals surface area contributed by atoms with Crippen molar-refractivity contribution in [1.82, 2.24) is 5.32 Å². The van der Waals surface area contributed by atoms with Crippen molar-refractivity contribution < 1.29 is 14.2 Å². The number of ether oxygens (including phenoxy) is 3. The lowest BCUT2D eigenvalue weighted by Gasteiger charge is -2.25. The monoisotopic (exact) mass is 257 g/mol. The number of nitrogens with one attached hydrogen (secondary N) is 1. The first-order valence-corrected chi connectivity index (χ1v) is 5.87. The van der Waals surface area contributed by atoms with E-state index in [0.717, 1.165) is 18.7 Å². The van der Waals surface area contributed by atoms with Crippen molar-refractivity contribution in [3.8, 4) is 11.5 Å². The molecule has 1 aromatic rings. The van der Waals surface area contributed by atoms with E-state index in [1.165, 1.54) is 0 Å². The molecule has 0 spiro atoms. The van der Waals surface area contributed by atoms with Crippen molar-refractivity contribution in [3.05, 3.63) is 22.7 Å². The lowest BCUT2D eigenvalue weighted by atomic mass is 10.1. The van der Waals surface area contributed by atoms with Gasteiger partial charge in [-0.25, -0.2) is 0 Å². The fourth-order valence-corrected chi connectivity index (χ4v) is 2.30. The summed E-state index contributed by atoms with van der Waals surface area (Å²) in [5.41, 5.74) is 0.976. The van der Waals surface area contributed by atoms with Gasteiger partial charge in [0.15, 0.2) is 11.5 Å². The Balaban J connectivity index is 2.34. The van der Waals surface area contributed by atoms with Gasteiger partial charge in [0.1, 0.15) is 0 Å². The number of hydrogen-bond donors (Lipinski definition) is 1. The van der Waals surface area contributed by atoms with Crippen LogP contribution in [0.3, 0.4) is 0 Å². The number of benzene rings is 1. The van der Waals surface area contributed by atoms with Gasteiger partial charge in [0, 0.05) is 6.54 Å². The number of rotatable bonds is 3. The lowest BCUT2D eigenvalue weighted by Crippen LogP contribution is -2.34. The van der Waals surface area contributed by atoms with Crippen LogP contribution in [0.4, 0.5) is 0 Å². The number of hydrogen-bond acceptors (Lipinski definition) is 4. The van der Waals surface area contributed by atoms with Crippen molar-refractivity contribution in [2.45, 2.75) is 6.04 Å². The van der Waals surface area contributed by atoms with E-state index in [2.05, 4.69) is 5.32 Å². The van der Waals surface area contributed by atoms with Crippen LogP contribution >= 0.6 is 11.6 Å². The Kier molecular flexibility index (Phi) is 4.10. The summed E-state index contributed by atoms with van der Waals surface area (Å²) in [5, 5.41) is 3.94. The van der Waals surface area contributed by atoms with Gasteiger partial charge >= 0.3 is 0 Å². The van der Waals surface area contributed by atoms with Crippen molar-refractivity contribution in [3.63, 3.8) is 0 Å². The Bertz CT molecular complexity index is 392. The minimum Gasteiger partial charge on any atom is -0.493 e. The van der Waals surface area contributed by atoms with E-state index >= 15 is 0 Å². The molecule has 0 amide bonds. The van der Waals surface area contributed by atoms with Crippen molar-refractivity contribution >= 4 is 11.6 Å². The molecule has 1 aromatic carbocycles. The summed E-state index contributed by atoms with van der Waals surface area (Å²) in [6.07, 6.45) is 0. The highest BCUT2D eigenvalue weighted by molar-refractivity contribution is 6.33. The van der Waals surface area contributed by atoms with E-state index in [1.807, 2.05) is 12.1 Å². The molecule has 0 saturated carbocycles. The number of methoxy groups -OCH3 is 2. The quantitative estimate of drug-likeness (QED) is 0.899. The molecule has 1 heterocycles. The second kappa shape index (κ2) is 5.58. The molecule has 1 atom stereocenters. The number of morpholine rings is 1. The predicted octanol–water partition coefficient (Wildman–Crippen LogP) is 2.02. The predicted molar refractivity (Wildman–Crippen MR) is 66.1 cm³/mol. The van der Waals surface area contributed by atoms with Crippen LogP contribution in [0.5, 0.6) is 11.5 Å². The van der Waals surface area contributed by atoms with Crippen LogP contribution < -0.4 is 14.8 Å². The largest absolute Gasteiger partial charge is 0.493 e. The highest BCUT2D eigenvalue weighted by atomic mass is 35.5. The van der Waals surface area contributed by atoms with Gasteiger partial charge in [0.05, 0.1) is 38.5 Å². The first-order valence-electron chi connectivity index (χ1n) is 5.49. The van der Waals surface area contributed by atoms with Gasteiger partial charge in [0.25, 0.3) is 0 Å². The molecular formula is C12H16ClNO3. The highest BCUT2D eigenvalue weighted by Crippen LogP contribution is 2.39. The molecular weight excluding hydrogens is 242 g/mol. The Morgan fingerprint density at radius 1 is 1.35 bits per heavy atom. The maximum absolute atomic E-state index is 6.33. The Morgan fingerprint density at radius 3 is 2.76 bits per heavy atom. The average molecular weight is 258 g/mol. The zero-order valence-electron chi connectivity index (χ0n) is 9.96. The van der Waals surface area contributed by atoms with Crippen LogP contribution in [-0.4, -0.2) is 34.0 Å². The highest BCUT2D eigenvalue weighted by Gasteiger charge is 2.21. The molecule has 1 fully saturated rings. The van der Waals surface area contributed by atoms with Crippen LogP contribution in [0.2, 0.25) is 5.02 Å². The third-order valence-corrected chi connectivity index (χ3v) is 3.20. The molecule has 4 nitrogen and oxygen atoms in total. The van der Waals surface area contributed by atoms with Crippen LogP contribution in [0.1, 0.15) is 11.6 Å². The van der Waals surface area contributed by atoms with Gasteiger partial charge in [-0.05, 0) is 11.6 Å². The second-order valence-electron chi connectivity index (χ2n) is 3.79. The van der Waals surface area contributed by atoms with E-state index in [9.17, 15) is 0 Å². The molecule has 0 unspecified atom stereocenters. The topological polar surface area (TPSA) is 39.7 Å². The van der Waals surface area contributed by atoms with Gasteiger partial charge in [-0.3, -0.25) is 0 Å². The molecule has 0 radical (unpaired) electrons. The summed E-state index contributed by atoms with van der Waals surface area (Å²) < 4.78 is 15.9. The third-order valence-electron chi connectivity index (χ3n) is 2.81. The van der Waals surface area contributed by atoms with Gasteiger partial charge in [-0.15, -0.1) is 0 Å². The molecule has 1 aliphatic heterocycles. The molecule has 1 N–H and O–H groups in total. The Morgan fingerprint density at radius 2 is 2.18 bits per heavy atom. The second-order valence-corrected chi connectivity index (χ2v) is 4.16. The lowest BCUT2D eigenvalue weighted by molar-refractivity contribution is 0.0768. The van der Waals surface area contributed by atoms with Crippen molar-refractivity contribution in [2.75, 3.05) is 34.0 Å². The van der Waals surface area contributed by atoms with E-state index in [4.69, 9.17) is 25.8 Å². The Labute approximate surface area is 106 Å². The fourth-order valence-electron chi connectivity index (χ4n) is 1.94. The van der Waals surface area contributed by atoms with Crippen LogP contribution in [0.25, 0.3) is 0 Å². The Hall–Kier alpha value is -0.970. The van der Waals surface area contributed by atoms with Crippen LogP contribution in [0.15, 0.2) is 12.1 Å². The normalized spacial score (nSPS) is 20.1. The molecule has 1 aliphatic rings. The summed E-state index contributed by atoms with van der Waals surface area (Å²) in [5.74, 6) is 1.21. The smallest absolute Gasteiger partial charge is 0.179 e. The van der Waals surface area contributed by atoms with Crippen LogP contribution in [-0.2, 0) is 4.74 Å². The van der Waals surface area contributed by atoms with Crippen molar-refractivity contribution in [1.29, 1.82) is 0 Å². The maximum atomic E-state index is 6.33.